The van der Waals surface area contributed by atoms with Gasteiger partial charge in [0, 0.05) is 62.7 Å². The monoisotopic (exact) mass is 735 g/mol. The number of anilines is 3. The lowest BCUT2D eigenvalue weighted by molar-refractivity contribution is 1.29. The molecule has 55 heavy (non-hydrogen) atoms. The molecule has 0 spiro atoms. The summed E-state index contributed by atoms with van der Waals surface area (Å²) in [5.74, 6) is 0. The van der Waals surface area contributed by atoms with E-state index in [-0.39, 0.29) is 0 Å². The predicted molar refractivity (Wildman–Crippen MR) is 241 cm³/mol. The van der Waals surface area contributed by atoms with E-state index in [0.29, 0.717) is 0 Å². The molecule has 0 amide bonds. The maximum absolute atomic E-state index is 2.49. The first kappa shape index (κ1) is 32.0. The van der Waals surface area contributed by atoms with Crippen LogP contribution in [-0.4, -0.2) is 0 Å². The predicted octanol–water partition coefficient (Wildman–Crippen LogP) is 16.0. The number of hydrogen-bond acceptors (Lipinski definition) is 3. The molecule has 2 heterocycles. The van der Waals surface area contributed by atoms with Gasteiger partial charge < -0.3 is 4.90 Å². The molecule has 0 atom stereocenters. The van der Waals surface area contributed by atoms with Gasteiger partial charge in [0.25, 0.3) is 0 Å². The first-order valence-electron chi connectivity index (χ1n) is 18.7. The summed E-state index contributed by atoms with van der Waals surface area (Å²) >= 11 is 3.76. The number of fused-ring (bicyclic) bond motifs is 7. The van der Waals surface area contributed by atoms with Crippen LogP contribution in [0.5, 0.6) is 0 Å². The molecule has 0 aliphatic carbocycles. The second-order valence-electron chi connectivity index (χ2n) is 14.0. The van der Waals surface area contributed by atoms with Gasteiger partial charge in [-0.1, -0.05) is 158 Å². The van der Waals surface area contributed by atoms with Crippen LogP contribution < -0.4 is 4.90 Å². The SMILES string of the molecule is c1cc(-c2cccc3c2sc2ccccc23)cc(N(c2ccccc2-c2ccc3ccccc3c2)c2ccccc2-c2cccc3c2sc2ccccc23)c1. The van der Waals surface area contributed by atoms with Gasteiger partial charge >= 0.3 is 0 Å². The summed E-state index contributed by atoms with van der Waals surface area (Å²) in [6, 6.07) is 73.5. The summed E-state index contributed by atoms with van der Waals surface area (Å²) in [6.45, 7) is 0. The smallest absolute Gasteiger partial charge is 0.0540 e. The molecule has 9 aromatic carbocycles. The second kappa shape index (κ2) is 13.1. The van der Waals surface area contributed by atoms with E-state index in [4.69, 9.17) is 0 Å². The number of hydrogen-bond donors (Lipinski definition) is 0. The molecular formula is C52H33NS2. The summed E-state index contributed by atoms with van der Waals surface area (Å²) in [5.41, 5.74) is 10.6. The van der Waals surface area contributed by atoms with Crippen molar-refractivity contribution in [3.05, 3.63) is 200 Å². The van der Waals surface area contributed by atoms with Crippen molar-refractivity contribution in [1.29, 1.82) is 0 Å². The summed E-state index contributed by atoms with van der Waals surface area (Å²) in [4.78, 5) is 2.49. The Kier molecular flexibility index (Phi) is 7.61. The van der Waals surface area contributed by atoms with Crippen molar-refractivity contribution >= 4 is 90.9 Å². The number of benzene rings is 9. The Morgan fingerprint density at radius 3 is 1.56 bits per heavy atom. The van der Waals surface area contributed by atoms with Crippen LogP contribution >= 0.6 is 22.7 Å². The van der Waals surface area contributed by atoms with Crippen molar-refractivity contribution in [3.8, 4) is 33.4 Å². The van der Waals surface area contributed by atoms with Crippen LogP contribution in [0.3, 0.4) is 0 Å². The molecule has 258 valence electrons. The van der Waals surface area contributed by atoms with Gasteiger partial charge in [0.1, 0.15) is 0 Å². The van der Waals surface area contributed by atoms with Crippen LogP contribution in [-0.2, 0) is 0 Å². The fourth-order valence-corrected chi connectivity index (χ4v) is 10.8. The highest BCUT2D eigenvalue weighted by Gasteiger charge is 2.23. The van der Waals surface area contributed by atoms with Crippen molar-refractivity contribution in [1.82, 2.24) is 0 Å². The van der Waals surface area contributed by atoms with Gasteiger partial charge in [0.15, 0.2) is 0 Å². The fourth-order valence-electron chi connectivity index (χ4n) is 8.32. The molecule has 0 unspecified atom stereocenters. The molecule has 0 fully saturated rings. The van der Waals surface area contributed by atoms with E-state index in [1.54, 1.807) is 0 Å². The van der Waals surface area contributed by atoms with Crippen LogP contribution in [0.25, 0.3) is 84.5 Å². The summed E-state index contributed by atoms with van der Waals surface area (Å²) < 4.78 is 5.25. The van der Waals surface area contributed by atoms with Crippen molar-refractivity contribution in [2.75, 3.05) is 4.90 Å². The van der Waals surface area contributed by atoms with Crippen LogP contribution in [0.15, 0.2) is 200 Å². The third-order valence-corrected chi connectivity index (χ3v) is 13.3. The van der Waals surface area contributed by atoms with E-state index in [1.165, 1.54) is 84.5 Å². The van der Waals surface area contributed by atoms with Crippen molar-refractivity contribution < 1.29 is 0 Å². The molecule has 3 heteroatoms. The zero-order chi connectivity index (χ0) is 36.3. The summed E-state index contributed by atoms with van der Waals surface area (Å²) in [7, 11) is 0. The molecule has 1 nitrogen and oxygen atoms in total. The molecule has 0 saturated carbocycles. The van der Waals surface area contributed by atoms with Crippen LogP contribution in [0.1, 0.15) is 0 Å². The number of para-hydroxylation sites is 2. The van der Waals surface area contributed by atoms with Gasteiger partial charge in [0.05, 0.1) is 11.4 Å². The molecule has 0 aliphatic heterocycles. The van der Waals surface area contributed by atoms with Gasteiger partial charge in [-0.05, 0) is 69.9 Å². The Balaban J connectivity index is 1.16. The van der Waals surface area contributed by atoms with Gasteiger partial charge in [-0.2, -0.15) is 0 Å². The highest BCUT2D eigenvalue weighted by molar-refractivity contribution is 7.26. The maximum atomic E-state index is 2.49. The van der Waals surface area contributed by atoms with E-state index in [1.807, 2.05) is 22.7 Å². The average Bonchev–Trinajstić information content (AvgIpc) is 3.83. The van der Waals surface area contributed by atoms with E-state index in [2.05, 4.69) is 205 Å². The first-order valence-corrected chi connectivity index (χ1v) is 20.3. The Hall–Kier alpha value is -6.52. The highest BCUT2D eigenvalue weighted by Crippen LogP contribution is 2.49. The number of nitrogens with zero attached hydrogens (tertiary/aromatic N) is 1. The zero-order valence-corrected chi connectivity index (χ0v) is 31.4. The minimum atomic E-state index is 1.11. The third kappa shape index (κ3) is 5.35. The Morgan fingerprint density at radius 2 is 0.818 bits per heavy atom. The zero-order valence-electron chi connectivity index (χ0n) is 29.8. The van der Waals surface area contributed by atoms with Crippen LogP contribution in [0, 0.1) is 0 Å². The molecule has 0 radical (unpaired) electrons. The molecule has 11 rings (SSSR count). The third-order valence-electron chi connectivity index (χ3n) is 10.9. The maximum Gasteiger partial charge on any atom is 0.0540 e. The Bertz CT molecular complexity index is 3240. The van der Waals surface area contributed by atoms with E-state index in [9.17, 15) is 0 Å². The average molecular weight is 736 g/mol. The number of thiophene rings is 2. The topological polar surface area (TPSA) is 3.24 Å². The molecule has 2 aromatic heterocycles. The van der Waals surface area contributed by atoms with Crippen LogP contribution in [0.4, 0.5) is 17.1 Å². The first-order chi connectivity index (χ1) is 27.3. The molecule has 0 saturated heterocycles. The minimum Gasteiger partial charge on any atom is -0.309 e. The molecule has 0 bridgehead atoms. The van der Waals surface area contributed by atoms with E-state index in [0.717, 1.165) is 17.1 Å². The summed E-state index contributed by atoms with van der Waals surface area (Å²) in [6.07, 6.45) is 0. The molecule has 0 aliphatic rings. The lowest BCUT2D eigenvalue weighted by Crippen LogP contribution is -2.12. The normalized spacial score (nSPS) is 11.6. The van der Waals surface area contributed by atoms with E-state index >= 15 is 0 Å². The fraction of sp³-hybridized carbons (Fsp3) is 0. The van der Waals surface area contributed by atoms with Gasteiger partial charge in [-0.15, -0.1) is 22.7 Å². The largest absolute Gasteiger partial charge is 0.309 e. The van der Waals surface area contributed by atoms with Crippen molar-refractivity contribution in [3.63, 3.8) is 0 Å². The summed E-state index contributed by atoms with van der Waals surface area (Å²) in [5, 5.41) is 7.71. The van der Waals surface area contributed by atoms with Gasteiger partial charge in [-0.25, -0.2) is 0 Å². The van der Waals surface area contributed by atoms with Crippen LogP contribution in [0.2, 0.25) is 0 Å². The molecular weight excluding hydrogens is 703 g/mol. The lowest BCUT2D eigenvalue weighted by atomic mass is 9.96. The minimum absolute atomic E-state index is 1.11. The van der Waals surface area contributed by atoms with Crippen molar-refractivity contribution in [2.45, 2.75) is 0 Å². The van der Waals surface area contributed by atoms with Gasteiger partial charge in [-0.3, -0.25) is 0 Å². The highest BCUT2D eigenvalue weighted by atomic mass is 32.1. The van der Waals surface area contributed by atoms with Gasteiger partial charge in [0.2, 0.25) is 0 Å². The van der Waals surface area contributed by atoms with Crippen molar-refractivity contribution in [2.24, 2.45) is 0 Å². The van der Waals surface area contributed by atoms with E-state index < -0.39 is 0 Å². The lowest BCUT2D eigenvalue weighted by Gasteiger charge is -2.30. The quantitative estimate of drug-likeness (QED) is 0.164. The Morgan fingerprint density at radius 1 is 0.309 bits per heavy atom. The molecule has 0 N–H and O–H groups in total. The standard InChI is InChI=1S/C52H33NS2/c1-2-15-35-32-37(31-30-34(35)14-1)39-18-3-7-26-47(39)53(38-17-11-16-36(33-38)40-22-12-24-45-42-20-5-9-28-49(42)54-51(40)45)48-27-8-4-19-41(48)44-23-13-25-46-43-21-6-10-29-50(43)55-52(44)46/h1-33H. The molecule has 11 aromatic rings. The Labute approximate surface area is 327 Å². The number of rotatable bonds is 6. The second-order valence-corrected chi connectivity index (χ2v) is 16.1.